The number of piperazine rings is 1. The van der Waals surface area contributed by atoms with Crippen molar-refractivity contribution >= 4 is 21.6 Å². The fourth-order valence-corrected chi connectivity index (χ4v) is 4.97. The summed E-state index contributed by atoms with van der Waals surface area (Å²) < 4.78 is 26.9. The number of carbonyl (C=O) groups is 1. The standard InChI is InChI=1S/C19H30N4O5S/c1-3-4-5-8-16(2)20-19(24)15-21-11-13-22(14-12-21)29(27,28)18-10-7-6-9-17(18)23(25)26/h6-7,9-10,16H,3-5,8,11-15H2,1-2H3,(H,20,24)/t16-/m0/s1. The van der Waals surface area contributed by atoms with Gasteiger partial charge < -0.3 is 5.32 Å². The lowest BCUT2D eigenvalue weighted by atomic mass is 10.1. The van der Waals surface area contributed by atoms with Crippen LogP contribution in [0.3, 0.4) is 0 Å². The van der Waals surface area contributed by atoms with Crippen LogP contribution in [0, 0.1) is 10.1 Å². The van der Waals surface area contributed by atoms with Crippen LogP contribution in [0.4, 0.5) is 5.69 Å². The number of nitrogens with zero attached hydrogens (tertiary/aromatic N) is 3. The van der Waals surface area contributed by atoms with Crippen molar-refractivity contribution in [1.82, 2.24) is 14.5 Å². The number of rotatable bonds is 10. The van der Waals surface area contributed by atoms with Crippen LogP contribution in [0.2, 0.25) is 0 Å². The molecule has 0 saturated carbocycles. The minimum Gasteiger partial charge on any atom is -0.353 e. The summed E-state index contributed by atoms with van der Waals surface area (Å²) in [4.78, 5) is 24.3. The number of amides is 1. The van der Waals surface area contributed by atoms with E-state index in [9.17, 15) is 23.3 Å². The average molecular weight is 427 g/mol. The Bertz CT molecular complexity index is 807. The van der Waals surface area contributed by atoms with Crippen LogP contribution >= 0.6 is 0 Å². The van der Waals surface area contributed by atoms with Crippen molar-refractivity contribution in [3.8, 4) is 0 Å². The normalized spacial score (nSPS) is 17.0. The molecule has 0 unspecified atom stereocenters. The number of carbonyl (C=O) groups excluding carboxylic acids is 1. The Balaban J connectivity index is 1.89. The fourth-order valence-electron chi connectivity index (χ4n) is 3.39. The molecule has 1 saturated heterocycles. The zero-order chi connectivity index (χ0) is 21.4. The number of unbranched alkanes of at least 4 members (excludes halogenated alkanes) is 2. The molecule has 9 nitrogen and oxygen atoms in total. The van der Waals surface area contributed by atoms with Gasteiger partial charge in [-0.05, 0) is 19.4 Å². The van der Waals surface area contributed by atoms with Crippen LogP contribution in [0.1, 0.15) is 39.5 Å². The predicted molar refractivity (Wildman–Crippen MR) is 110 cm³/mol. The highest BCUT2D eigenvalue weighted by Gasteiger charge is 2.33. The van der Waals surface area contributed by atoms with Gasteiger partial charge in [-0.2, -0.15) is 4.31 Å². The molecule has 1 aliphatic rings. The van der Waals surface area contributed by atoms with Crippen molar-refractivity contribution < 1.29 is 18.1 Å². The number of sulfonamides is 1. The Morgan fingerprint density at radius 3 is 2.48 bits per heavy atom. The van der Waals surface area contributed by atoms with Crippen LogP contribution in [-0.4, -0.2) is 67.2 Å². The van der Waals surface area contributed by atoms with E-state index in [0.29, 0.717) is 13.1 Å². The second-order valence-electron chi connectivity index (χ2n) is 7.37. The maximum atomic E-state index is 12.8. The average Bonchev–Trinajstić information content (AvgIpc) is 2.68. The van der Waals surface area contributed by atoms with Crippen molar-refractivity contribution in [2.45, 2.75) is 50.5 Å². The number of benzene rings is 1. The molecule has 0 spiro atoms. The zero-order valence-electron chi connectivity index (χ0n) is 17.0. The maximum absolute atomic E-state index is 12.8. The van der Waals surface area contributed by atoms with Gasteiger partial charge in [0.15, 0.2) is 4.90 Å². The van der Waals surface area contributed by atoms with Crippen LogP contribution < -0.4 is 5.32 Å². The van der Waals surface area contributed by atoms with Crippen LogP contribution in [0.5, 0.6) is 0 Å². The molecule has 0 aromatic heterocycles. The first kappa shape index (κ1) is 23.2. The summed E-state index contributed by atoms with van der Waals surface area (Å²) in [6.07, 6.45) is 4.32. The number of nitrogens with one attached hydrogen (secondary N) is 1. The third kappa shape index (κ3) is 6.48. The van der Waals surface area contributed by atoms with Crippen molar-refractivity contribution in [2.24, 2.45) is 0 Å². The quantitative estimate of drug-likeness (QED) is 0.348. The molecule has 1 N–H and O–H groups in total. The van der Waals surface area contributed by atoms with Crippen molar-refractivity contribution in [3.63, 3.8) is 0 Å². The Labute approximate surface area is 172 Å². The first-order valence-electron chi connectivity index (χ1n) is 10.0. The topological polar surface area (TPSA) is 113 Å². The molecular formula is C19H30N4O5S. The third-order valence-corrected chi connectivity index (χ3v) is 6.97. The lowest BCUT2D eigenvalue weighted by Gasteiger charge is -2.33. The fraction of sp³-hybridized carbons (Fsp3) is 0.632. The Morgan fingerprint density at radius 1 is 1.21 bits per heavy atom. The number of para-hydroxylation sites is 1. The van der Waals surface area contributed by atoms with E-state index in [0.717, 1.165) is 25.7 Å². The van der Waals surface area contributed by atoms with E-state index in [-0.39, 0.29) is 36.5 Å². The summed E-state index contributed by atoms with van der Waals surface area (Å²) >= 11 is 0. The molecule has 1 atom stereocenters. The van der Waals surface area contributed by atoms with E-state index < -0.39 is 20.6 Å². The van der Waals surface area contributed by atoms with E-state index >= 15 is 0 Å². The molecule has 29 heavy (non-hydrogen) atoms. The number of nitro groups is 1. The van der Waals surface area contributed by atoms with E-state index in [4.69, 9.17) is 0 Å². The summed E-state index contributed by atoms with van der Waals surface area (Å²) in [6, 6.07) is 5.48. The third-order valence-electron chi connectivity index (χ3n) is 5.03. The molecule has 0 aliphatic carbocycles. The smallest absolute Gasteiger partial charge is 0.289 e. The van der Waals surface area contributed by atoms with Gasteiger partial charge in [0, 0.05) is 38.3 Å². The van der Waals surface area contributed by atoms with Crippen molar-refractivity contribution in [2.75, 3.05) is 32.7 Å². The van der Waals surface area contributed by atoms with Gasteiger partial charge in [0.1, 0.15) is 0 Å². The first-order chi connectivity index (χ1) is 13.8. The van der Waals surface area contributed by atoms with E-state index in [2.05, 4.69) is 12.2 Å². The molecule has 0 radical (unpaired) electrons. The minimum absolute atomic E-state index is 0.0657. The largest absolute Gasteiger partial charge is 0.353 e. The molecule has 1 amide bonds. The number of nitro benzene ring substituents is 1. The summed E-state index contributed by atoms with van der Waals surface area (Å²) in [5.74, 6) is -0.0657. The summed E-state index contributed by atoms with van der Waals surface area (Å²) in [7, 11) is -3.96. The van der Waals surface area contributed by atoms with Crippen LogP contribution in [-0.2, 0) is 14.8 Å². The molecule has 1 aromatic carbocycles. The van der Waals surface area contributed by atoms with Gasteiger partial charge in [-0.3, -0.25) is 19.8 Å². The van der Waals surface area contributed by atoms with Crippen molar-refractivity contribution in [1.29, 1.82) is 0 Å². The Kier molecular flexibility index (Phi) is 8.54. The van der Waals surface area contributed by atoms with Gasteiger partial charge in [-0.15, -0.1) is 0 Å². The summed E-state index contributed by atoms with van der Waals surface area (Å²) in [5.41, 5.74) is -0.425. The Morgan fingerprint density at radius 2 is 1.86 bits per heavy atom. The van der Waals surface area contributed by atoms with Gasteiger partial charge in [0.05, 0.1) is 11.5 Å². The van der Waals surface area contributed by atoms with Crippen LogP contribution in [0.25, 0.3) is 0 Å². The number of hydrogen-bond donors (Lipinski definition) is 1. The molecule has 1 heterocycles. The SMILES string of the molecule is CCCCC[C@H](C)NC(=O)CN1CCN(S(=O)(=O)c2ccccc2[N+](=O)[O-])CC1. The minimum atomic E-state index is -3.96. The van der Waals surface area contributed by atoms with Gasteiger partial charge in [0.25, 0.3) is 5.69 Å². The van der Waals surface area contributed by atoms with Gasteiger partial charge in [-0.25, -0.2) is 8.42 Å². The van der Waals surface area contributed by atoms with E-state index in [1.54, 1.807) is 0 Å². The molecule has 2 rings (SSSR count). The highest BCUT2D eigenvalue weighted by atomic mass is 32.2. The Hall–Kier alpha value is -2.04. The molecule has 1 fully saturated rings. The predicted octanol–water partition coefficient (Wildman–Crippen LogP) is 1.99. The maximum Gasteiger partial charge on any atom is 0.289 e. The van der Waals surface area contributed by atoms with Crippen LogP contribution in [0.15, 0.2) is 29.2 Å². The highest BCUT2D eigenvalue weighted by molar-refractivity contribution is 7.89. The summed E-state index contributed by atoms with van der Waals surface area (Å²) in [6.45, 7) is 5.53. The first-order valence-corrected chi connectivity index (χ1v) is 11.4. The molecule has 1 aromatic rings. The lowest BCUT2D eigenvalue weighted by molar-refractivity contribution is -0.387. The zero-order valence-corrected chi connectivity index (χ0v) is 17.9. The van der Waals surface area contributed by atoms with Gasteiger partial charge in [-0.1, -0.05) is 38.3 Å². The van der Waals surface area contributed by atoms with Gasteiger partial charge in [0.2, 0.25) is 15.9 Å². The monoisotopic (exact) mass is 426 g/mol. The molecule has 162 valence electrons. The van der Waals surface area contributed by atoms with Gasteiger partial charge >= 0.3 is 0 Å². The van der Waals surface area contributed by atoms with E-state index in [1.807, 2.05) is 11.8 Å². The molecular weight excluding hydrogens is 396 g/mol. The summed E-state index contributed by atoms with van der Waals surface area (Å²) in [5, 5.41) is 14.2. The second-order valence-corrected chi connectivity index (χ2v) is 9.28. The highest BCUT2D eigenvalue weighted by Crippen LogP contribution is 2.26. The molecule has 1 aliphatic heterocycles. The molecule has 10 heteroatoms. The number of hydrogen-bond acceptors (Lipinski definition) is 6. The van der Waals surface area contributed by atoms with E-state index in [1.165, 1.54) is 28.6 Å². The second kappa shape index (κ2) is 10.7. The lowest BCUT2D eigenvalue weighted by Crippen LogP contribution is -2.51. The van der Waals surface area contributed by atoms with Crippen molar-refractivity contribution in [3.05, 3.63) is 34.4 Å². The molecule has 0 bridgehead atoms.